The molecule has 160 valence electrons. The van der Waals surface area contributed by atoms with Crippen LogP contribution in [0.5, 0.6) is 17.2 Å². The molecule has 0 saturated heterocycles. The Hall–Kier alpha value is -3.71. The third kappa shape index (κ3) is 3.64. The molecular weight excluding hydrogens is 396 g/mol. The van der Waals surface area contributed by atoms with Gasteiger partial charge in [0.05, 0.1) is 0 Å². The summed E-state index contributed by atoms with van der Waals surface area (Å²) in [5.74, 6) is -1.49. The predicted octanol–water partition coefficient (Wildman–Crippen LogP) is 3.52. The van der Waals surface area contributed by atoms with Gasteiger partial charge in [0.2, 0.25) is 0 Å². The SMILES string of the molecule is CN1CCc2cccc3c2[C@H]1Cc1ccc(O)c(O)c1-3.Nc1ccc(C(=O)O)c(O)c1. The fraction of sp³-hybridized carbons (Fsp3) is 0.208. The van der Waals surface area contributed by atoms with Crippen LogP contribution in [0, 0.1) is 0 Å². The van der Waals surface area contributed by atoms with Crippen molar-refractivity contribution in [2.24, 2.45) is 0 Å². The van der Waals surface area contributed by atoms with Gasteiger partial charge in [-0.1, -0.05) is 24.3 Å². The molecule has 0 aromatic heterocycles. The second-order valence-corrected chi connectivity index (χ2v) is 7.88. The molecule has 0 bridgehead atoms. The average molecular weight is 420 g/mol. The van der Waals surface area contributed by atoms with Gasteiger partial charge in [-0.25, -0.2) is 4.79 Å². The van der Waals surface area contributed by atoms with E-state index in [1.807, 2.05) is 6.07 Å². The van der Waals surface area contributed by atoms with Gasteiger partial charge in [-0.05, 0) is 60.3 Å². The summed E-state index contributed by atoms with van der Waals surface area (Å²) in [5.41, 5.74) is 11.2. The molecule has 2 aliphatic rings. The van der Waals surface area contributed by atoms with Crippen LogP contribution in [0.1, 0.15) is 33.1 Å². The zero-order chi connectivity index (χ0) is 22.3. The number of nitrogen functional groups attached to an aromatic ring is 1. The maximum Gasteiger partial charge on any atom is 0.339 e. The highest BCUT2D eigenvalue weighted by molar-refractivity contribution is 5.91. The van der Waals surface area contributed by atoms with Crippen LogP contribution in [0.4, 0.5) is 5.69 Å². The lowest BCUT2D eigenvalue weighted by Crippen LogP contribution is -2.35. The number of fused-ring (bicyclic) bond motifs is 2. The maximum absolute atomic E-state index is 10.3. The number of hydrogen-bond donors (Lipinski definition) is 5. The van der Waals surface area contributed by atoms with Crippen molar-refractivity contribution in [1.29, 1.82) is 0 Å². The summed E-state index contributed by atoms with van der Waals surface area (Å²) in [4.78, 5) is 12.7. The van der Waals surface area contributed by atoms with Crippen LogP contribution in [0.25, 0.3) is 11.1 Å². The Morgan fingerprint density at radius 1 is 1.03 bits per heavy atom. The van der Waals surface area contributed by atoms with Gasteiger partial charge in [0, 0.05) is 29.9 Å². The molecule has 3 aromatic carbocycles. The molecule has 5 rings (SSSR count). The molecule has 7 nitrogen and oxygen atoms in total. The van der Waals surface area contributed by atoms with Gasteiger partial charge in [0.25, 0.3) is 0 Å². The van der Waals surface area contributed by atoms with Crippen molar-refractivity contribution >= 4 is 11.7 Å². The average Bonchev–Trinajstić information content (AvgIpc) is 2.73. The largest absolute Gasteiger partial charge is 0.507 e. The van der Waals surface area contributed by atoms with E-state index in [1.54, 1.807) is 6.07 Å². The number of phenolic OH excluding ortho intramolecular Hbond substituents is 2. The molecule has 0 radical (unpaired) electrons. The van der Waals surface area contributed by atoms with Gasteiger partial charge in [-0.2, -0.15) is 0 Å². The van der Waals surface area contributed by atoms with Crippen molar-refractivity contribution in [3.05, 3.63) is 70.8 Å². The number of hydrogen-bond acceptors (Lipinski definition) is 6. The number of phenols is 3. The number of carbonyl (C=O) groups is 1. The van der Waals surface area contributed by atoms with E-state index in [2.05, 4.69) is 30.1 Å². The first kappa shape index (κ1) is 20.6. The monoisotopic (exact) mass is 420 g/mol. The molecule has 0 amide bonds. The number of nitrogens with two attached hydrogens (primary N) is 1. The lowest BCUT2D eigenvalue weighted by molar-refractivity contribution is 0.0694. The van der Waals surface area contributed by atoms with Crippen LogP contribution < -0.4 is 5.73 Å². The lowest BCUT2D eigenvalue weighted by atomic mass is 9.77. The maximum atomic E-state index is 10.3. The smallest absolute Gasteiger partial charge is 0.339 e. The van der Waals surface area contributed by atoms with Gasteiger partial charge in [0.1, 0.15) is 11.3 Å². The Bertz CT molecular complexity index is 1170. The van der Waals surface area contributed by atoms with Crippen molar-refractivity contribution in [2.45, 2.75) is 18.9 Å². The zero-order valence-electron chi connectivity index (χ0n) is 17.0. The van der Waals surface area contributed by atoms with Gasteiger partial charge < -0.3 is 26.2 Å². The minimum atomic E-state index is -1.16. The summed E-state index contributed by atoms with van der Waals surface area (Å²) >= 11 is 0. The normalized spacial score (nSPS) is 16.5. The standard InChI is InChI=1S/C17H17NO2.C7H7NO3/c1-18-8-7-10-3-2-4-12-15(10)13(18)9-11-5-6-14(19)17(20)16(11)12;8-4-1-2-5(7(10)11)6(9)3-4/h2-6,13,19-20H,7-9H2,1H3;1-3,9H,8H2,(H,10,11)/t13-;/m1./s1. The molecule has 6 N–H and O–H groups in total. The first-order valence-electron chi connectivity index (χ1n) is 9.96. The highest BCUT2D eigenvalue weighted by Gasteiger charge is 2.34. The Balaban J connectivity index is 0.000000180. The fourth-order valence-corrected chi connectivity index (χ4v) is 4.40. The van der Waals surface area contributed by atoms with E-state index in [0.717, 1.165) is 36.1 Å². The van der Waals surface area contributed by atoms with Crippen molar-refractivity contribution in [2.75, 3.05) is 19.3 Å². The van der Waals surface area contributed by atoms with Crippen LogP contribution >= 0.6 is 0 Å². The number of carboxylic acids is 1. The molecule has 0 fully saturated rings. The molecule has 1 aliphatic carbocycles. The highest BCUT2D eigenvalue weighted by atomic mass is 16.4. The summed E-state index contributed by atoms with van der Waals surface area (Å²) in [5, 5.41) is 37.5. The summed E-state index contributed by atoms with van der Waals surface area (Å²) < 4.78 is 0. The van der Waals surface area contributed by atoms with Crippen LogP contribution in [0.15, 0.2) is 48.5 Å². The van der Waals surface area contributed by atoms with Gasteiger partial charge >= 0.3 is 5.97 Å². The molecule has 1 atom stereocenters. The summed E-state index contributed by atoms with van der Waals surface area (Å²) in [7, 11) is 2.16. The van der Waals surface area contributed by atoms with Crippen molar-refractivity contribution in [3.8, 4) is 28.4 Å². The van der Waals surface area contributed by atoms with Crippen molar-refractivity contribution in [3.63, 3.8) is 0 Å². The van der Waals surface area contributed by atoms with Crippen LogP contribution in [-0.2, 0) is 12.8 Å². The molecule has 0 saturated carbocycles. The number of anilines is 1. The van der Waals surface area contributed by atoms with Gasteiger partial charge in [0.15, 0.2) is 11.5 Å². The Morgan fingerprint density at radius 2 is 1.81 bits per heavy atom. The van der Waals surface area contributed by atoms with Gasteiger partial charge in [-0.15, -0.1) is 0 Å². The Kier molecular flexibility index (Phi) is 5.20. The second kappa shape index (κ2) is 7.85. The number of nitrogens with zero attached hydrogens (tertiary/aromatic N) is 1. The minimum absolute atomic E-state index is 0.0163. The third-order valence-corrected chi connectivity index (χ3v) is 5.97. The molecule has 1 aliphatic heterocycles. The number of carboxylic acid groups (broad SMARTS) is 1. The predicted molar refractivity (Wildman–Crippen MR) is 117 cm³/mol. The summed E-state index contributed by atoms with van der Waals surface area (Å²) in [6, 6.07) is 14.1. The van der Waals surface area contributed by atoms with Crippen LogP contribution in [0.2, 0.25) is 0 Å². The summed E-state index contributed by atoms with van der Waals surface area (Å²) in [6.07, 6.45) is 1.94. The van der Waals surface area contributed by atoms with E-state index in [4.69, 9.17) is 15.9 Å². The molecule has 7 heteroatoms. The number of benzene rings is 3. The number of likely N-dealkylation sites (N-methyl/N-ethyl adjacent to an activating group) is 1. The van der Waals surface area contributed by atoms with E-state index in [1.165, 1.54) is 29.3 Å². The van der Waals surface area contributed by atoms with E-state index in [0.29, 0.717) is 11.7 Å². The fourth-order valence-electron chi connectivity index (χ4n) is 4.40. The van der Waals surface area contributed by atoms with E-state index in [-0.39, 0.29) is 22.8 Å². The Morgan fingerprint density at radius 3 is 2.52 bits per heavy atom. The van der Waals surface area contributed by atoms with Gasteiger partial charge in [-0.3, -0.25) is 4.90 Å². The molecule has 31 heavy (non-hydrogen) atoms. The second-order valence-electron chi connectivity index (χ2n) is 7.88. The highest BCUT2D eigenvalue weighted by Crippen LogP contribution is 2.49. The topological polar surface area (TPSA) is 127 Å². The van der Waals surface area contributed by atoms with Crippen molar-refractivity contribution < 1.29 is 25.2 Å². The first-order chi connectivity index (χ1) is 14.8. The third-order valence-electron chi connectivity index (χ3n) is 5.97. The van der Waals surface area contributed by atoms with Crippen LogP contribution in [-0.4, -0.2) is 44.9 Å². The molecule has 0 unspecified atom stereocenters. The van der Waals surface area contributed by atoms with Crippen LogP contribution in [0.3, 0.4) is 0 Å². The minimum Gasteiger partial charge on any atom is -0.507 e. The zero-order valence-corrected chi connectivity index (χ0v) is 17.0. The summed E-state index contributed by atoms with van der Waals surface area (Å²) in [6.45, 7) is 1.07. The quantitative estimate of drug-likeness (QED) is 0.301. The number of aromatic hydroxyl groups is 3. The lowest BCUT2D eigenvalue weighted by Gasteiger charge is -2.39. The number of aromatic carboxylic acids is 1. The molecule has 1 heterocycles. The van der Waals surface area contributed by atoms with Crippen molar-refractivity contribution in [1.82, 2.24) is 4.90 Å². The van der Waals surface area contributed by atoms with E-state index in [9.17, 15) is 15.0 Å². The first-order valence-corrected chi connectivity index (χ1v) is 9.96. The Labute approximate surface area is 179 Å². The number of rotatable bonds is 1. The molecule has 3 aromatic rings. The molecular formula is C24H24N2O5. The van der Waals surface area contributed by atoms with E-state index >= 15 is 0 Å². The van der Waals surface area contributed by atoms with E-state index < -0.39 is 5.97 Å². The molecule has 0 spiro atoms.